The molecule has 0 unspecified atom stereocenters. The Kier molecular flexibility index (Phi) is 6.72. The Balaban J connectivity index is 0.000000142. The molecule has 0 amide bonds. The lowest BCUT2D eigenvalue weighted by atomic mass is 9.91. The van der Waals surface area contributed by atoms with E-state index in [0.29, 0.717) is 0 Å². The molecule has 4 nitrogen and oxygen atoms in total. The number of fused-ring (bicyclic) bond motifs is 4. The Morgan fingerprint density at radius 2 is 0.432 bits per heavy atom. The third kappa shape index (κ3) is 4.59. The van der Waals surface area contributed by atoms with Crippen molar-refractivity contribution in [2.24, 2.45) is 0 Å². The lowest BCUT2D eigenvalue weighted by molar-refractivity contribution is 1.66. The molecule has 0 heterocycles. The van der Waals surface area contributed by atoms with Gasteiger partial charge in [-0.1, -0.05) is 121 Å². The zero-order valence-corrected chi connectivity index (χ0v) is 24.2. The highest BCUT2D eigenvalue weighted by Crippen LogP contribution is 2.42. The number of benzene rings is 8. The highest BCUT2D eigenvalue weighted by molar-refractivity contribution is 6.14. The second-order valence-electron chi connectivity index (χ2n) is 11.0. The molecule has 4 heteroatoms. The fourth-order valence-corrected chi connectivity index (χ4v) is 6.27. The second-order valence-corrected chi connectivity index (χ2v) is 11.0. The smallest absolute Gasteiger partial charge is 0.0401 e. The van der Waals surface area contributed by atoms with E-state index in [1.165, 1.54) is 21.5 Å². The average Bonchev–Trinajstić information content (AvgIpc) is 3.06. The van der Waals surface area contributed by atoms with Crippen LogP contribution < -0.4 is 22.9 Å². The molecule has 212 valence electrons. The third-order valence-electron chi connectivity index (χ3n) is 8.35. The van der Waals surface area contributed by atoms with E-state index in [1.54, 1.807) is 0 Å². The molecule has 44 heavy (non-hydrogen) atoms. The molecule has 0 aromatic heterocycles. The van der Waals surface area contributed by atoms with E-state index < -0.39 is 0 Å². The summed E-state index contributed by atoms with van der Waals surface area (Å²) < 4.78 is 0. The maximum Gasteiger partial charge on any atom is 0.0401 e. The molecule has 0 aliphatic rings. The van der Waals surface area contributed by atoms with Crippen LogP contribution in [0.15, 0.2) is 146 Å². The quantitative estimate of drug-likeness (QED) is 0.156. The van der Waals surface area contributed by atoms with Crippen LogP contribution in [0.4, 0.5) is 22.7 Å². The Hall–Kier alpha value is -6.00. The summed E-state index contributed by atoms with van der Waals surface area (Å²) in [6.45, 7) is 0. The monoisotopic (exact) mass is 568 g/mol. The molecule has 8 aromatic carbocycles. The average molecular weight is 569 g/mol. The SMILES string of the molecule is Nc1ccc2ccccc2c1-c1c(N)ccc2ccccc12.Nc1ccc2ccccc2c1-c1c(N)ccc2ccccc12. The van der Waals surface area contributed by atoms with Gasteiger partial charge in [-0.05, 0) is 67.4 Å². The van der Waals surface area contributed by atoms with E-state index in [0.717, 1.165) is 66.5 Å². The molecule has 8 N–H and O–H groups in total. The highest BCUT2D eigenvalue weighted by atomic mass is 14.6. The van der Waals surface area contributed by atoms with Gasteiger partial charge in [0.25, 0.3) is 0 Å². The van der Waals surface area contributed by atoms with Gasteiger partial charge in [-0.3, -0.25) is 0 Å². The molecule has 0 aliphatic carbocycles. The maximum absolute atomic E-state index is 6.32. The second kappa shape index (κ2) is 11.0. The number of anilines is 4. The minimum atomic E-state index is 0.752. The summed E-state index contributed by atoms with van der Waals surface area (Å²) >= 11 is 0. The largest absolute Gasteiger partial charge is 0.398 e. The zero-order chi connectivity index (χ0) is 30.2. The molecule has 0 spiro atoms. The third-order valence-corrected chi connectivity index (χ3v) is 8.35. The van der Waals surface area contributed by atoms with Crippen molar-refractivity contribution in [3.05, 3.63) is 146 Å². The van der Waals surface area contributed by atoms with Gasteiger partial charge in [-0.2, -0.15) is 0 Å². The van der Waals surface area contributed by atoms with Crippen LogP contribution in [-0.4, -0.2) is 0 Å². The first kappa shape index (κ1) is 26.9. The van der Waals surface area contributed by atoms with E-state index in [1.807, 2.05) is 72.8 Å². The van der Waals surface area contributed by atoms with Crippen molar-refractivity contribution < 1.29 is 0 Å². The molecule has 0 fully saturated rings. The Morgan fingerprint density at radius 3 is 0.659 bits per heavy atom. The molecule has 8 rings (SSSR count). The summed E-state index contributed by atoms with van der Waals surface area (Å²) in [6, 6.07) is 49.1. The van der Waals surface area contributed by atoms with Gasteiger partial charge in [0.2, 0.25) is 0 Å². The topological polar surface area (TPSA) is 104 Å². The van der Waals surface area contributed by atoms with Gasteiger partial charge >= 0.3 is 0 Å². The predicted octanol–water partition coefficient (Wildman–Crippen LogP) is 9.65. The number of hydrogen-bond acceptors (Lipinski definition) is 4. The van der Waals surface area contributed by atoms with Crippen molar-refractivity contribution in [2.45, 2.75) is 0 Å². The Morgan fingerprint density at radius 1 is 0.227 bits per heavy atom. The van der Waals surface area contributed by atoms with Crippen LogP contribution in [0.5, 0.6) is 0 Å². The summed E-state index contributed by atoms with van der Waals surface area (Å²) in [5.41, 5.74) is 32.4. The zero-order valence-electron chi connectivity index (χ0n) is 24.2. The molecule has 0 saturated carbocycles. The number of hydrogen-bond donors (Lipinski definition) is 4. The number of nitrogens with two attached hydrogens (primary N) is 4. The molecule has 0 aliphatic heterocycles. The molecular formula is C40H32N4. The Bertz CT molecular complexity index is 2010. The lowest BCUT2D eigenvalue weighted by Crippen LogP contribution is -1.96. The first-order valence-corrected chi connectivity index (χ1v) is 14.6. The summed E-state index contributed by atoms with van der Waals surface area (Å²) in [5.74, 6) is 0. The van der Waals surface area contributed by atoms with Crippen LogP contribution >= 0.6 is 0 Å². The highest BCUT2D eigenvalue weighted by Gasteiger charge is 2.15. The maximum atomic E-state index is 6.32. The van der Waals surface area contributed by atoms with E-state index >= 15 is 0 Å². The lowest BCUT2D eigenvalue weighted by Gasteiger charge is -2.15. The molecular weight excluding hydrogens is 536 g/mol. The molecule has 8 aromatic rings. The van der Waals surface area contributed by atoms with Gasteiger partial charge in [-0.25, -0.2) is 0 Å². The van der Waals surface area contributed by atoms with Crippen molar-refractivity contribution in [3.8, 4) is 22.3 Å². The van der Waals surface area contributed by atoms with Gasteiger partial charge in [0, 0.05) is 45.0 Å². The van der Waals surface area contributed by atoms with Crippen LogP contribution in [0.2, 0.25) is 0 Å². The van der Waals surface area contributed by atoms with E-state index in [2.05, 4.69) is 72.8 Å². The van der Waals surface area contributed by atoms with Gasteiger partial charge in [0.1, 0.15) is 0 Å². The normalized spacial score (nSPS) is 11.1. The van der Waals surface area contributed by atoms with Crippen molar-refractivity contribution in [3.63, 3.8) is 0 Å². The van der Waals surface area contributed by atoms with Crippen molar-refractivity contribution in [1.82, 2.24) is 0 Å². The summed E-state index contributed by atoms with van der Waals surface area (Å²) in [7, 11) is 0. The van der Waals surface area contributed by atoms with Crippen molar-refractivity contribution >= 4 is 65.8 Å². The van der Waals surface area contributed by atoms with Crippen LogP contribution in [-0.2, 0) is 0 Å². The minimum absolute atomic E-state index is 0.752. The van der Waals surface area contributed by atoms with Crippen LogP contribution in [0.25, 0.3) is 65.3 Å². The van der Waals surface area contributed by atoms with Crippen molar-refractivity contribution in [1.29, 1.82) is 0 Å². The van der Waals surface area contributed by atoms with Gasteiger partial charge in [0.15, 0.2) is 0 Å². The standard InChI is InChI=1S/2C20H16N2/c2*21-17-11-9-13-5-1-3-7-15(13)19(17)20-16-8-4-2-6-14(16)10-12-18(20)22/h2*1-12H,21-22H2. The number of nitrogen functional groups attached to an aromatic ring is 4. The first-order chi connectivity index (χ1) is 21.5. The summed E-state index contributed by atoms with van der Waals surface area (Å²) in [5, 5.41) is 9.18. The minimum Gasteiger partial charge on any atom is -0.398 e. The van der Waals surface area contributed by atoms with E-state index in [4.69, 9.17) is 22.9 Å². The first-order valence-electron chi connectivity index (χ1n) is 14.6. The number of rotatable bonds is 2. The van der Waals surface area contributed by atoms with Crippen LogP contribution in [0.1, 0.15) is 0 Å². The molecule has 0 bridgehead atoms. The molecule has 0 atom stereocenters. The molecule has 0 saturated heterocycles. The summed E-state index contributed by atoms with van der Waals surface area (Å²) in [6.07, 6.45) is 0. The molecule has 0 radical (unpaired) electrons. The van der Waals surface area contributed by atoms with E-state index in [-0.39, 0.29) is 0 Å². The fourth-order valence-electron chi connectivity index (χ4n) is 6.27. The summed E-state index contributed by atoms with van der Waals surface area (Å²) in [4.78, 5) is 0. The van der Waals surface area contributed by atoms with Crippen LogP contribution in [0.3, 0.4) is 0 Å². The Labute approximate surface area is 256 Å². The van der Waals surface area contributed by atoms with E-state index in [9.17, 15) is 0 Å². The van der Waals surface area contributed by atoms with Crippen LogP contribution in [0, 0.1) is 0 Å². The predicted molar refractivity (Wildman–Crippen MR) is 191 cm³/mol. The van der Waals surface area contributed by atoms with Gasteiger partial charge < -0.3 is 22.9 Å². The van der Waals surface area contributed by atoms with Crippen molar-refractivity contribution in [2.75, 3.05) is 22.9 Å². The van der Waals surface area contributed by atoms with Gasteiger partial charge in [-0.15, -0.1) is 0 Å². The fraction of sp³-hybridized carbons (Fsp3) is 0. The van der Waals surface area contributed by atoms with Gasteiger partial charge in [0.05, 0.1) is 0 Å².